The van der Waals surface area contributed by atoms with Crippen LogP contribution in [0.15, 0.2) is 16.5 Å². The van der Waals surface area contributed by atoms with E-state index in [-0.39, 0.29) is 5.02 Å². The quantitative estimate of drug-likeness (QED) is 0.833. The summed E-state index contributed by atoms with van der Waals surface area (Å²) in [7, 11) is 0. The Balaban J connectivity index is 2.58. The second-order valence-corrected chi connectivity index (χ2v) is 3.29. The molecule has 0 aliphatic rings. The summed E-state index contributed by atoms with van der Waals surface area (Å²) in [5.41, 5.74) is 6.19. The first kappa shape index (κ1) is 9.43. The van der Waals surface area contributed by atoms with Crippen molar-refractivity contribution in [3.05, 3.63) is 28.9 Å². The van der Waals surface area contributed by atoms with Gasteiger partial charge >= 0.3 is 0 Å². The minimum atomic E-state index is -0.421. The van der Waals surface area contributed by atoms with Crippen LogP contribution in [-0.4, -0.2) is 11.5 Å². The van der Waals surface area contributed by atoms with Crippen molar-refractivity contribution in [3.8, 4) is 0 Å². The average Bonchev–Trinajstić information content (AvgIpc) is 2.48. The van der Waals surface area contributed by atoms with Gasteiger partial charge in [0.1, 0.15) is 11.3 Å². The second-order valence-electron chi connectivity index (χ2n) is 2.88. The molecule has 0 saturated carbocycles. The van der Waals surface area contributed by atoms with Gasteiger partial charge in [0, 0.05) is 19.0 Å². The van der Waals surface area contributed by atoms with Crippen LogP contribution in [0.2, 0.25) is 5.02 Å². The molecule has 2 N–H and O–H groups in total. The van der Waals surface area contributed by atoms with Gasteiger partial charge in [-0.1, -0.05) is 11.6 Å². The Hall–Kier alpha value is -1.13. The molecule has 1 aromatic heterocycles. The van der Waals surface area contributed by atoms with Gasteiger partial charge < -0.3 is 10.2 Å². The Kier molecular flexibility index (Phi) is 2.39. The van der Waals surface area contributed by atoms with E-state index in [4.69, 9.17) is 21.8 Å². The van der Waals surface area contributed by atoms with Gasteiger partial charge in [-0.15, -0.1) is 0 Å². The third-order valence-corrected chi connectivity index (χ3v) is 2.09. The molecule has 1 aromatic carbocycles. The molecule has 14 heavy (non-hydrogen) atoms. The highest BCUT2D eigenvalue weighted by Gasteiger charge is 2.10. The Bertz CT molecular complexity index is 469. The molecule has 0 bridgehead atoms. The predicted octanol–water partition coefficient (Wildman–Crippen LogP) is 2.12. The molecule has 0 unspecified atom stereocenters. The van der Waals surface area contributed by atoms with Crippen molar-refractivity contribution in [3.63, 3.8) is 0 Å². The first-order valence-electron chi connectivity index (χ1n) is 4.15. The molecule has 0 spiro atoms. The lowest BCUT2D eigenvalue weighted by Crippen LogP contribution is -2.02. The summed E-state index contributed by atoms with van der Waals surface area (Å²) in [5, 5.41) is 0.232. The van der Waals surface area contributed by atoms with Crippen molar-refractivity contribution in [2.75, 3.05) is 6.54 Å². The van der Waals surface area contributed by atoms with Gasteiger partial charge in [0.25, 0.3) is 0 Å². The number of hydrogen-bond acceptors (Lipinski definition) is 3. The summed E-state index contributed by atoms with van der Waals surface area (Å²) < 4.78 is 18.2. The van der Waals surface area contributed by atoms with E-state index in [0.29, 0.717) is 30.0 Å². The van der Waals surface area contributed by atoms with Crippen LogP contribution in [0.3, 0.4) is 0 Å². The van der Waals surface area contributed by atoms with Gasteiger partial charge in [-0.05, 0) is 6.07 Å². The third-order valence-electron chi connectivity index (χ3n) is 1.81. The number of fused-ring (bicyclic) bond motifs is 1. The predicted molar refractivity (Wildman–Crippen MR) is 51.7 cm³/mol. The van der Waals surface area contributed by atoms with Crippen molar-refractivity contribution < 1.29 is 8.81 Å². The Morgan fingerprint density at radius 1 is 1.50 bits per heavy atom. The fourth-order valence-corrected chi connectivity index (χ4v) is 1.48. The maximum atomic E-state index is 12.9. The standard InChI is InChI=1S/C9H8ClFN2O/c10-6-3-5(11)4-7-9(6)14-8(13-7)1-2-12/h3-4H,1-2,12H2. The van der Waals surface area contributed by atoms with Crippen LogP contribution in [0.5, 0.6) is 0 Å². The molecule has 0 amide bonds. The molecule has 5 heteroatoms. The third kappa shape index (κ3) is 1.58. The first-order chi connectivity index (χ1) is 6.70. The van der Waals surface area contributed by atoms with Crippen LogP contribution in [-0.2, 0) is 6.42 Å². The monoisotopic (exact) mass is 214 g/mol. The highest BCUT2D eigenvalue weighted by Crippen LogP contribution is 2.25. The topological polar surface area (TPSA) is 52.0 Å². The van der Waals surface area contributed by atoms with Gasteiger partial charge in [0.2, 0.25) is 0 Å². The molecule has 0 saturated heterocycles. The van der Waals surface area contributed by atoms with E-state index in [2.05, 4.69) is 4.98 Å². The summed E-state index contributed by atoms with van der Waals surface area (Å²) in [6.45, 7) is 0.437. The molecule has 0 aliphatic heterocycles. The van der Waals surface area contributed by atoms with Gasteiger partial charge in [-0.25, -0.2) is 9.37 Å². The van der Waals surface area contributed by atoms with Crippen LogP contribution in [0.1, 0.15) is 5.89 Å². The summed E-state index contributed by atoms with van der Waals surface area (Å²) in [6, 6.07) is 2.48. The summed E-state index contributed by atoms with van der Waals surface area (Å²) in [5.74, 6) is 0.0603. The van der Waals surface area contributed by atoms with Crippen LogP contribution >= 0.6 is 11.6 Å². The lowest BCUT2D eigenvalue weighted by Gasteiger charge is -1.90. The van der Waals surface area contributed by atoms with E-state index in [1.165, 1.54) is 12.1 Å². The molecule has 3 nitrogen and oxygen atoms in total. The normalized spacial score (nSPS) is 11.1. The van der Waals surface area contributed by atoms with Crippen molar-refractivity contribution in [2.24, 2.45) is 5.73 Å². The van der Waals surface area contributed by atoms with Gasteiger partial charge in [0.05, 0.1) is 5.02 Å². The number of nitrogens with two attached hydrogens (primary N) is 1. The summed E-state index contributed by atoms with van der Waals surface area (Å²) >= 11 is 5.77. The van der Waals surface area contributed by atoms with Crippen LogP contribution in [0.4, 0.5) is 4.39 Å². The number of rotatable bonds is 2. The fraction of sp³-hybridized carbons (Fsp3) is 0.222. The van der Waals surface area contributed by atoms with Crippen LogP contribution in [0.25, 0.3) is 11.1 Å². The first-order valence-corrected chi connectivity index (χ1v) is 4.53. The van der Waals surface area contributed by atoms with E-state index < -0.39 is 5.82 Å². The smallest absolute Gasteiger partial charge is 0.196 e. The SMILES string of the molecule is NCCc1nc2cc(F)cc(Cl)c2o1. The number of aromatic nitrogens is 1. The molecule has 0 atom stereocenters. The Morgan fingerprint density at radius 2 is 2.29 bits per heavy atom. The van der Waals surface area contributed by atoms with Crippen molar-refractivity contribution in [2.45, 2.75) is 6.42 Å². The number of halogens is 2. The van der Waals surface area contributed by atoms with Crippen molar-refractivity contribution in [1.82, 2.24) is 4.98 Å². The van der Waals surface area contributed by atoms with Gasteiger partial charge in [0.15, 0.2) is 11.5 Å². The maximum absolute atomic E-state index is 12.9. The van der Waals surface area contributed by atoms with E-state index >= 15 is 0 Å². The highest BCUT2D eigenvalue weighted by atomic mass is 35.5. The Morgan fingerprint density at radius 3 is 3.00 bits per heavy atom. The zero-order chi connectivity index (χ0) is 10.1. The van der Waals surface area contributed by atoms with E-state index in [9.17, 15) is 4.39 Å². The second kappa shape index (κ2) is 3.55. The number of benzene rings is 1. The number of oxazole rings is 1. The zero-order valence-corrected chi connectivity index (χ0v) is 8.01. The molecule has 0 radical (unpaired) electrons. The minimum Gasteiger partial charge on any atom is -0.439 e. The lowest BCUT2D eigenvalue weighted by atomic mass is 10.3. The lowest BCUT2D eigenvalue weighted by molar-refractivity contribution is 0.531. The molecule has 2 aromatic rings. The van der Waals surface area contributed by atoms with Gasteiger partial charge in [-0.3, -0.25) is 0 Å². The van der Waals surface area contributed by atoms with E-state index in [1.54, 1.807) is 0 Å². The molecule has 2 rings (SSSR count). The molecule has 0 aliphatic carbocycles. The number of nitrogens with zero attached hydrogens (tertiary/aromatic N) is 1. The molecule has 0 fully saturated rings. The molecular formula is C9H8ClFN2O. The zero-order valence-electron chi connectivity index (χ0n) is 7.26. The average molecular weight is 215 g/mol. The van der Waals surface area contributed by atoms with Crippen LogP contribution in [0, 0.1) is 5.82 Å². The van der Waals surface area contributed by atoms with Crippen molar-refractivity contribution in [1.29, 1.82) is 0 Å². The maximum Gasteiger partial charge on any atom is 0.196 e. The van der Waals surface area contributed by atoms with Crippen molar-refractivity contribution >= 4 is 22.7 Å². The summed E-state index contributed by atoms with van der Waals surface area (Å²) in [6.07, 6.45) is 0.520. The van der Waals surface area contributed by atoms with E-state index in [1.807, 2.05) is 0 Å². The fourth-order valence-electron chi connectivity index (χ4n) is 1.24. The van der Waals surface area contributed by atoms with Crippen LogP contribution < -0.4 is 5.73 Å². The largest absolute Gasteiger partial charge is 0.439 e. The molecule has 1 heterocycles. The highest BCUT2D eigenvalue weighted by molar-refractivity contribution is 6.34. The molecule has 74 valence electrons. The molecular weight excluding hydrogens is 207 g/mol. The minimum absolute atomic E-state index is 0.232. The Labute approximate surface area is 84.7 Å². The number of hydrogen-bond donors (Lipinski definition) is 1. The summed E-state index contributed by atoms with van der Waals surface area (Å²) in [4.78, 5) is 4.05. The van der Waals surface area contributed by atoms with Gasteiger partial charge in [-0.2, -0.15) is 0 Å². The van der Waals surface area contributed by atoms with E-state index in [0.717, 1.165) is 0 Å².